The number of rotatable bonds is 11. The normalized spacial score (nSPS) is 13.7. The summed E-state index contributed by atoms with van der Waals surface area (Å²) in [6, 6.07) is 2.35. The number of aromatic nitrogens is 3. The van der Waals surface area contributed by atoms with Crippen LogP contribution >= 0.6 is 0 Å². The van der Waals surface area contributed by atoms with Crippen molar-refractivity contribution in [3.63, 3.8) is 0 Å². The lowest BCUT2D eigenvalue weighted by atomic mass is 10.2. The first kappa shape index (κ1) is 29.5. The lowest BCUT2D eigenvalue weighted by Gasteiger charge is -2.23. The summed E-state index contributed by atoms with van der Waals surface area (Å²) < 4.78 is 13.4. The van der Waals surface area contributed by atoms with Gasteiger partial charge in [-0.2, -0.15) is 9.37 Å². The minimum atomic E-state index is -0.582. The van der Waals surface area contributed by atoms with Gasteiger partial charge in [-0.15, -0.1) is 0 Å². The largest absolute Gasteiger partial charge is 0.355 e. The Morgan fingerprint density at radius 3 is 2.72 bits per heavy atom. The molecule has 2 amide bonds. The Balaban J connectivity index is 1.52. The van der Waals surface area contributed by atoms with Gasteiger partial charge in [0, 0.05) is 63.7 Å². The molecule has 10 nitrogen and oxygen atoms in total. The molecule has 3 rings (SSSR count). The van der Waals surface area contributed by atoms with Crippen molar-refractivity contribution >= 4 is 29.3 Å². The van der Waals surface area contributed by atoms with Gasteiger partial charge in [-0.25, -0.2) is 9.97 Å². The molecule has 0 spiro atoms. The van der Waals surface area contributed by atoms with Gasteiger partial charge in [-0.1, -0.05) is 17.9 Å². The van der Waals surface area contributed by atoms with Crippen LogP contribution < -0.4 is 15.5 Å². The third kappa shape index (κ3) is 9.33. The van der Waals surface area contributed by atoms with Gasteiger partial charge in [0.1, 0.15) is 11.9 Å². The molecule has 1 aliphatic rings. The van der Waals surface area contributed by atoms with Crippen molar-refractivity contribution in [2.24, 2.45) is 0 Å². The average molecular weight is 537 g/mol. The molecule has 0 saturated carbocycles. The Labute approximate surface area is 229 Å². The van der Waals surface area contributed by atoms with Crippen molar-refractivity contribution in [1.29, 1.82) is 0 Å². The number of carbonyl (C=O) groups is 2. The molecule has 0 unspecified atom stereocenters. The number of likely N-dealkylation sites (N-methyl/N-ethyl adjacent to an activating group) is 2. The number of amides is 2. The van der Waals surface area contributed by atoms with E-state index in [0.717, 1.165) is 37.3 Å². The van der Waals surface area contributed by atoms with Gasteiger partial charge >= 0.3 is 0 Å². The number of unbranched alkanes of at least 4 members (excludes halogenated alkanes) is 1. The highest BCUT2D eigenvalue weighted by molar-refractivity contribution is 5.92. The monoisotopic (exact) mass is 536 g/mol. The fourth-order valence-electron chi connectivity index (χ4n) is 3.84. The molecule has 2 N–H and O–H groups in total. The molecular formula is C28H37FN8O2. The van der Waals surface area contributed by atoms with Crippen LogP contribution in [0.1, 0.15) is 38.2 Å². The molecule has 2 aromatic rings. The number of nitrogens with zero attached hydrogens (tertiary/aromatic N) is 6. The SMILES string of the molecule is C[C@@H](C(=O)NCCCC#Cc1cnc(Nc2ccnc(F)c2)nc1N1CCCC1)N(C)C(=O)C=CCN(C)C. The number of halogens is 1. The standard InChI is InChI=1S/C28H37FN8O2/c1-21(36(4)25(38)12-10-16-35(2)3)27(39)31-14-7-5-6-11-22-20-32-28(33-23-13-15-30-24(29)19-23)34-26(22)37-17-8-9-18-37/h10,12-13,15,19-21H,5,7-9,14,16-18H2,1-4H3,(H,31,39)(H,30,32,33,34)/t21-/m0/s1. The summed E-state index contributed by atoms with van der Waals surface area (Å²) in [6.45, 7) is 4.59. The molecule has 0 aromatic carbocycles. The molecule has 11 heteroatoms. The number of nitrogens with one attached hydrogen (secondary N) is 2. The van der Waals surface area contributed by atoms with Crippen LogP contribution in [0.4, 0.5) is 21.8 Å². The smallest absolute Gasteiger partial charge is 0.246 e. The van der Waals surface area contributed by atoms with E-state index in [2.05, 4.69) is 42.3 Å². The maximum Gasteiger partial charge on any atom is 0.246 e. The van der Waals surface area contributed by atoms with Crippen molar-refractivity contribution < 1.29 is 14.0 Å². The number of pyridine rings is 1. The van der Waals surface area contributed by atoms with Crippen molar-refractivity contribution in [2.75, 3.05) is 57.5 Å². The van der Waals surface area contributed by atoms with Crippen LogP contribution in [0.3, 0.4) is 0 Å². The first-order chi connectivity index (χ1) is 18.7. The van der Waals surface area contributed by atoms with Crippen molar-refractivity contribution in [1.82, 2.24) is 30.1 Å². The predicted molar refractivity (Wildman–Crippen MR) is 150 cm³/mol. The lowest BCUT2D eigenvalue weighted by molar-refractivity contribution is -0.135. The molecule has 1 aliphatic heterocycles. The zero-order chi connectivity index (χ0) is 28.2. The molecule has 3 heterocycles. The van der Waals surface area contributed by atoms with Gasteiger partial charge in [0.05, 0.1) is 11.8 Å². The topological polar surface area (TPSA) is 107 Å². The summed E-state index contributed by atoms with van der Waals surface area (Å²) in [4.78, 5) is 42.9. The second-order valence-corrected chi connectivity index (χ2v) is 9.60. The second kappa shape index (κ2) is 14.8. The van der Waals surface area contributed by atoms with E-state index < -0.39 is 12.0 Å². The van der Waals surface area contributed by atoms with Crippen LogP contribution in [0.25, 0.3) is 0 Å². The quantitative estimate of drug-likeness (QED) is 0.195. The van der Waals surface area contributed by atoms with Gasteiger partial charge in [0.15, 0.2) is 0 Å². The summed E-state index contributed by atoms with van der Waals surface area (Å²) in [5, 5.41) is 5.90. The average Bonchev–Trinajstić information content (AvgIpc) is 3.45. The fourth-order valence-corrected chi connectivity index (χ4v) is 3.84. The van der Waals surface area contributed by atoms with Crippen molar-refractivity contribution in [3.05, 3.63) is 48.2 Å². The third-order valence-corrected chi connectivity index (χ3v) is 6.20. The van der Waals surface area contributed by atoms with Crippen LogP contribution in [0.15, 0.2) is 36.7 Å². The van der Waals surface area contributed by atoms with E-state index in [9.17, 15) is 14.0 Å². The van der Waals surface area contributed by atoms with E-state index in [0.29, 0.717) is 37.6 Å². The zero-order valence-electron chi connectivity index (χ0n) is 23.1. The highest BCUT2D eigenvalue weighted by Gasteiger charge is 2.20. The number of hydrogen-bond donors (Lipinski definition) is 2. The Morgan fingerprint density at radius 2 is 2.00 bits per heavy atom. The highest BCUT2D eigenvalue weighted by Crippen LogP contribution is 2.24. The summed E-state index contributed by atoms with van der Waals surface area (Å²) in [6.07, 6.45) is 9.73. The molecular weight excluding hydrogens is 499 g/mol. The van der Waals surface area contributed by atoms with Gasteiger partial charge in [-0.05, 0) is 46.3 Å². The third-order valence-electron chi connectivity index (χ3n) is 6.20. The van der Waals surface area contributed by atoms with Crippen molar-refractivity contribution in [2.45, 2.75) is 38.6 Å². The Kier molecular flexibility index (Phi) is 11.2. The maximum atomic E-state index is 13.4. The Morgan fingerprint density at radius 1 is 1.23 bits per heavy atom. The van der Waals surface area contributed by atoms with E-state index in [4.69, 9.17) is 0 Å². The first-order valence-corrected chi connectivity index (χ1v) is 13.1. The first-order valence-electron chi connectivity index (χ1n) is 13.1. The van der Waals surface area contributed by atoms with E-state index >= 15 is 0 Å². The van der Waals surface area contributed by atoms with Gasteiger partial charge < -0.3 is 25.3 Å². The van der Waals surface area contributed by atoms with Gasteiger partial charge in [-0.3, -0.25) is 9.59 Å². The van der Waals surface area contributed by atoms with Crippen LogP contribution in [0.2, 0.25) is 0 Å². The van der Waals surface area contributed by atoms with Crippen LogP contribution in [0, 0.1) is 17.8 Å². The molecule has 208 valence electrons. The molecule has 1 atom stereocenters. The molecule has 1 saturated heterocycles. The minimum absolute atomic E-state index is 0.207. The Hall–Kier alpha value is -4.04. The van der Waals surface area contributed by atoms with Gasteiger partial charge in [0.2, 0.25) is 23.7 Å². The molecule has 39 heavy (non-hydrogen) atoms. The van der Waals surface area contributed by atoms with E-state index in [1.165, 1.54) is 23.2 Å². The molecule has 1 fully saturated rings. The van der Waals surface area contributed by atoms with Crippen LogP contribution in [-0.4, -0.2) is 89.9 Å². The van der Waals surface area contributed by atoms with Crippen LogP contribution in [0.5, 0.6) is 0 Å². The Bertz CT molecular complexity index is 1220. The molecule has 2 aromatic heterocycles. The van der Waals surface area contributed by atoms with E-state index in [1.807, 2.05) is 19.0 Å². The summed E-state index contributed by atoms with van der Waals surface area (Å²) in [7, 11) is 5.46. The summed E-state index contributed by atoms with van der Waals surface area (Å²) >= 11 is 0. The zero-order valence-corrected chi connectivity index (χ0v) is 23.1. The second-order valence-electron chi connectivity index (χ2n) is 9.60. The molecule has 0 aliphatic carbocycles. The number of anilines is 3. The minimum Gasteiger partial charge on any atom is -0.355 e. The fraction of sp³-hybridized carbons (Fsp3) is 0.464. The lowest BCUT2D eigenvalue weighted by Crippen LogP contribution is -2.45. The van der Waals surface area contributed by atoms with Crippen LogP contribution in [-0.2, 0) is 9.59 Å². The number of hydrogen-bond acceptors (Lipinski definition) is 8. The predicted octanol–water partition coefficient (Wildman–Crippen LogP) is 2.57. The van der Waals surface area contributed by atoms with Crippen molar-refractivity contribution in [3.8, 4) is 11.8 Å². The summed E-state index contributed by atoms with van der Waals surface area (Å²) in [5.41, 5.74) is 1.24. The number of carbonyl (C=O) groups excluding carboxylic acids is 2. The van der Waals surface area contributed by atoms with Gasteiger partial charge in [0.25, 0.3) is 0 Å². The molecule has 0 radical (unpaired) electrons. The highest BCUT2D eigenvalue weighted by atomic mass is 19.1. The summed E-state index contributed by atoms with van der Waals surface area (Å²) in [5.74, 6) is 6.44. The van der Waals surface area contributed by atoms with E-state index in [-0.39, 0.29) is 11.8 Å². The van der Waals surface area contributed by atoms with E-state index in [1.54, 1.807) is 32.3 Å². The molecule has 0 bridgehead atoms. The maximum absolute atomic E-state index is 13.4.